The fourth-order valence-electron chi connectivity index (χ4n) is 3.17. The van der Waals surface area contributed by atoms with Crippen LogP contribution in [0.2, 0.25) is 0 Å². The average molecular weight is 348 g/mol. The number of ether oxygens (including phenoxy) is 1. The summed E-state index contributed by atoms with van der Waals surface area (Å²) in [5.41, 5.74) is -1.18. The first-order chi connectivity index (χ1) is 11.8. The number of fused-ring (bicyclic) bond motifs is 1. The van der Waals surface area contributed by atoms with E-state index >= 15 is 0 Å². The van der Waals surface area contributed by atoms with Gasteiger partial charge < -0.3 is 20.2 Å². The predicted octanol–water partition coefficient (Wildman–Crippen LogP) is 1.55. The van der Waals surface area contributed by atoms with Crippen molar-refractivity contribution < 1.29 is 19.2 Å². The molecule has 0 atom stereocenters. The van der Waals surface area contributed by atoms with E-state index in [2.05, 4.69) is 10.3 Å². The third-order valence-corrected chi connectivity index (χ3v) is 4.41. The molecule has 0 bridgehead atoms. The fraction of sp³-hybridized carbons (Fsp3) is 0.562. The highest BCUT2D eigenvalue weighted by Gasteiger charge is 2.45. The van der Waals surface area contributed by atoms with Crippen molar-refractivity contribution in [3.05, 3.63) is 22.2 Å². The molecule has 0 radical (unpaired) electrons. The first-order valence-electron chi connectivity index (χ1n) is 8.24. The maximum Gasteiger partial charge on any atom is 0.366 e. The van der Waals surface area contributed by atoms with Gasteiger partial charge >= 0.3 is 5.82 Å². The van der Waals surface area contributed by atoms with Crippen LogP contribution in [0.25, 0.3) is 0 Å². The number of nitro groups is 1. The Morgan fingerprint density at radius 2 is 2.12 bits per heavy atom. The Hall–Kier alpha value is -2.71. The smallest absolute Gasteiger partial charge is 0.366 e. The van der Waals surface area contributed by atoms with Gasteiger partial charge in [0.25, 0.3) is 11.7 Å². The number of carbonyl (C=O) groups is 2. The predicted molar refractivity (Wildman–Crippen MR) is 88.4 cm³/mol. The number of hydrogen-bond acceptors (Lipinski definition) is 6. The minimum absolute atomic E-state index is 0.0000898. The number of amides is 2. The number of anilines is 1. The van der Waals surface area contributed by atoms with Crippen LogP contribution in [0.1, 0.15) is 39.5 Å². The Labute approximate surface area is 144 Å². The van der Waals surface area contributed by atoms with Crippen molar-refractivity contribution in [1.29, 1.82) is 0 Å². The summed E-state index contributed by atoms with van der Waals surface area (Å²) in [4.78, 5) is 40.4. The highest BCUT2D eigenvalue weighted by molar-refractivity contribution is 6.05. The monoisotopic (exact) mass is 348 g/mol. The van der Waals surface area contributed by atoms with E-state index in [0.717, 1.165) is 30.6 Å². The Balaban J connectivity index is 1.88. The first kappa shape index (κ1) is 17.1. The summed E-state index contributed by atoms with van der Waals surface area (Å²) < 4.78 is 5.60. The zero-order valence-corrected chi connectivity index (χ0v) is 14.2. The molecule has 2 aliphatic rings. The maximum atomic E-state index is 12.7. The summed E-state index contributed by atoms with van der Waals surface area (Å²) in [6, 6.07) is 2.73. The lowest BCUT2D eigenvalue weighted by molar-refractivity contribution is -0.389. The lowest BCUT2D eigenvalue weighted by atomic mass is 10.1. The van der Waals surface area contributed by atoms with E-state index in [9.17, 15) is 19.7 Å². The number of pyridine rings is 1. The number of hydrogen-bond donors (Lipinski definition) is 1. The van der Waals surface area contributed by atoms with Crippen LogP contribution in [0, 0.1) is 10.1 Å². The van der Waals surface area contributed by atoms with Gasteiger partial charge in [-0.25, -0.2) is 0 Å². The van der Waals surface area contributed by atoms with Crippen molar-refractivity contribution in [1.82, 2.24) is 10.3 Å². The van der Waals surface area contributed by atoms with Crippen LogP contribution in [-0.2, 0) is 9.59 Å². The fourth-order valence-corrected chi connectivity index (χ4v) is 3.17. The molecule has 0 spiro atoms. The second kappa shape index (κ2) is 6.30. The minimum Gasteiger partial charge on any atom is -0.472 e. The molecule has 2 amide bonds. The molecule has 1 fully saturated rings. The minimum atomic E-state index is -1.18. The van der Waals surface area contributed by atoms with Crippen molar-refractivity contribution in [2.45, 2.75) is 51.2 Å². The molecule has 0 unspecified atom stereocenters. The Morgan fingerprint density at radius 1 is 1.44 bits per heavy atom. The van der Waals surface area contributed by atoms with Gasteiger partial charge in [0, 0.05) is 12.1 Å². The van der Waals surface area contributed by atoms with Gasteiger partial charge in [0.1, 0.15) is 6.54 Å². The van der Waals surface area contributed by atoms with Gasteiger partial charge in [-0.05, 0) is 42.7 Å². The molecule has 134 valence electrons. The van der Waals surface area contributed by atoms with Crippen molar-refractivity contribution in [3.8, 4) is 5.75 Å². The van der Waals surface area contributed by atoms with Gasteiger partial charge in [0.2, 0.25) is 5.91 Å². The molecular formula is C16H20N4O5. The molecule has 0 aromatic carbocycles. The molecule has 9 nitrogen and oxygen atoms in total. The lowest BCUT2D eigenvalue weighted by Crippen LogP contribution is -2.55. The second-order valence-corrected chi connectivity index (χ2v) is 6.80. The third-order valence-electron chi connectivity index (χ3n) is 4.41. The van der Waals surface area contributed by atoms with Crippen molar-refractivity contribution in [3.63, 3.8) is 0 Å². The number of carbonyl (C=O) groups excluding carboxylic acids is 2. The van der Waals surface area contributed by atoms with Gasteiger partial charge in [0.05, 0.1) is 0 Å². The van der Waals surface area contributed by atoms with Gasteiger partial charge in [-0.3, -0.25) is 14.5 Å². The molecule has 3 rings (SSSR count). The SMILES string of the molecule is CC1(C)Oc2ccc([N+](=O)[O-])nc2N(CC(=O)NC2CCCC2)C1=O. The normalized spacial score (nSPS) is 19.3. The Kier molecular flexibility index (Phi) is 4.32. The van der Waals surface area contributed by atoms with Crippen molar-refractivity contribution in [2.24, 2.45) is 0 Å². The van der Waals surface area contributed by atoms with Crippen LogP contribution >= 0.6 is 0 Å². The van der Waals surface area contributed by atoms with Crippen LogP contribution in [-0.4, -0.2) is 39.9 Å². The molecule has 0 saturated heterocycles. The van der Waals surface area contributed by atoms with E-state index in [0.29, 0.717) is 0 Å². The highest BCUT2D eigenvalue weighted by Crippen LogP contribution is 2.37. The van der Waals surface area contributed by atoms with Crippen molar-refractivity contribution >= 4 is 23.5 Å². The summed E-state index contributed by atoms with van der Waals surface area (Å²) in [5.74, 6) is -0.938. The van der Waals surface area contributed by atoms with Crippen LogP contribution in [0.5, 0.6) is 5.75 Å². The quantitative estimate of drug-likeness (QED) is 0.652. The Bertz CT molecular complexity index is 727. The number of rotatable bonds is 4. The first-order valence-corrected chi connectivity index (χ1v) is 8.24. The molecule has 2 heterocycles. The highest BCUT2D eigenvalue weighted by atomic mass is 16.6. The zero-order chi connectivity index (χ0) is 18.2. The standard InChI is InChI=1S/C16H20N4O5/c1-16(2)15(22)19(9-13(21)17-10-5-3-4-6-10)14-11(25-16)7-8-12(18-14)20(23)24/h7-8,10H,3-6,9H2,1-2H3,(H,17,21). The van der Waals surface area contributed by atoms with Gasteiger partial charge in [-0.1, -0.05) is 12.8 Å². The molecule has 1 aromatic heterocycles. The average Bonchev–Trinajstić information content (AvgIpc) is 3.04. The van der Waals surface area contributed by atoms with Gasteiger partial charge in [0.15, 0.2) is 11.4 Å². The Morgan fingerprint density at radius 3 is 2.76 bits per heavy atom. The van der Waals surface area contributed by atoms with E-state index in [1.807, 2.05) is 0 Å². The second-order valence-electron chi connectivity index (χ2n) is 6.80. The zero-order valence-electron chi connectivity index (χ0n) is 14.2. The molecule has 1 saturated carbocycles. The largest absolute Gasteiger partial charge is 0.472 e. The lowest BCUT2D eigenvalue weighted by Gasteiger charge is -2.35. The molecule has 1 aliphatic heterocycles. The van der Waals surface area contributed by atoms with E-state index in [4.69, 9.17) is 4.74 Å². The molecular weight excluding hydrogens is 328 g/mol. The molecule has 25 heavy (non-hydrogen) atoms. The summed E-state index contributed by atoms with van der Waals surface area (Å²) in [6.45, 7) is 2.92. The molecule has 1 aliphatic carbocycles. The number of aromatic nitrogens is 1. The maximum absolute atomic E-state index is 12.7. The molecule has 1 N–H and O–H groups in total. The van der Waals surface area contributed by atoms with Crippen LogP contribution < -0.4 is 15.0 Å². The molecule has 9 heteroatoms. The van der Waals surface area contributed by atoms with Crippen LogP contribution in [0.4, 0.5) is 11.6 Å². The summed E-state index contributed by atoms with van der Waals surface area (Å²) in [5, 5.41) is 13.9. The van der Waals surface area contributed by atoms with E-state index in [-0.39, 0.29) is 30.1 Å². The topological polar surface area (TPSA) is 115 Å². The van der Waals surface area contributed by atoms with Crippen LogP contribution in [0.15, 0.2) is 12.1 Å². The van der Waals surface area contributed by atoms with E-state index in [1.165, 1.54) is 12.1 Å². The summed E-state index contributed by atoms with van der Waals surface area (Å²) in [7, 11) is 0. The van der Waals surface area contributed by atoms with Crippen LogP contribution in [0.3, 0.4) is 0 Å². The van der Waals surface area contributed by atoms with E-state index < -0.39 is 22.2 Å². The summed E-state index contributed by atoms with van der Waals surface area (Å²) >= 11 is 0. The number of nitrogens with zero attached hydrogens (tertiary/aromatic N) is 3. The number of nitrogens with one attached hydrogen (secondary N) is 1. The van der Waals surface area contributed by atoms with E-state index in [1.54, 1.807) is 13.8 Å². The molecule has 1 aromatic rings. The summed E-state index contributed by atoms with van der Waals surface area (Å²) in [6.07, 6.45) is 4.00. The van der Waals surface area contributed by atoms with Gasteiger partial charge in [-0.15, -0.1) is 0 Å². The van der Waals surface area contributed by atoms with Gasteiger partial charge in [-0.2, -0.15) is 0 Å². The third kappa shape index (κ3) is 3.40. The van der Waals surface area contributed by atoms with Crippen molar-refractivity contribution in [2.75, 3.05) is 11.4 Å².